The van der Waals surface area contributed by atoms with Crippen molar-refractivity contribution < 1.29 is 14.7 Å². The smallest absolute Gasteiger partial charge is 0.263 e. The van der Waals surface area contributed by atoms with Crippen molar-refractivity contribution in [1.29, 1.82) is 0 Å². The predicted molar refractivity (Wildman–Crippen MR) is 89.8 cm³/mol. The lowest BCUT2D eigenvalue weighted by Gasteiger charge is -2.36. The van der Waals surface area contributed by atoms with E-state index in [0.29, 0.717) is 41.7 Å². The summed E-state index contributed by atoms with van der Waals surface area (Å²) in [6.07, 6.45) is 2.63. The molecule has 2 amide bonds. The van der Waals surface area contributed by atoms with Gasteiger partial charge in [-0.25, -0.2) is 0 Å². The van der Waals surface area contributed by atoms with Crippen LogP contribution in [0.5, 0.6) is 0 Å². The van der Waals surface area contributed by atoms with Gasteiger partial charge in [0.05, 0.1) is 15.3 Å². The minimum absolute atomic E-state index is 0.00111. The van der Waals surface area contributed by atoms with Crippen LogP contribution < -0.4 is 0 Å². The molecule has 1 atom stereocenters. The Morgan fingerprint density at radius 3 is 2.48 bits per heavy atom. The zero-order valence-electron chi connectivity index (χ0n) is 12.9. The number of rotatable bonds is 2. The summed E-state index contributed by atoms with van der Waals surface area (Å²) in [6, 6.07) is 3.49. The van der Waals surface area contributed by atoms with E-state index < -0.39 is 6.10 Å². The largest absolute Gasteiger partial charge is 0.391 e. The summed E-state index contributed by atoms with van der Waals surface area (Å²) in [7, 11) is 0. The molecule has 0 radical (unpaired) electrons. The molecule has 3 heterocycles. The standard InChI is InChI=1S/C16H21ClN2O3S/c17-14-4-3-13(23-14)16(22)18-8-5-11(6-9-18)15(21)19-7-1-2-12(20)10-19/h3-4,11-12,20H,1-2,5-10H2. The highest BCUT2D eigenvalue weighted by Gasteiger charge is 2.32. The minimum atomic E-state index is -0.391. The second kappa shape index (κ2) is 7.20. The molecular formula is C16H21ClN2O3S. The molecule has 2 fully saturated rings. The third kappa shape index (κ3) is 3.87. The van der Waals surface area contributed by atoms with Gasteiger partial charge in [0.2, 0.25) is 5.91 Å². The highest BCUT2D eigenvalue weighted by Crippen LogP contribution is 2.26. The molecule has 1 aromatic rings. The maximum absolute atomic E-state index is 12.5. The summed E-state index contributed by atoms with van der Waals surface area (Å²) >= 11 is 7.17. The molecule has 1 N–H and O–H groups in total. The van der Waals surface area contributed by atoms with Gasteiger partial charge in [0.1, 0.15) is 0 Å². The molecule has 1 unspecified atom stereocenters. The lowest BCUT2D eigenvalue weighted by Crippen LogP contribution is -2.48. The number of amides is 2. The van der Waals surface area contributed by atoms with Gasteiger partial charge in [0.25, 0.3) is 5.91 Å². The molecule has 5 nitrogen and oxygen atoms in total. The number of hydrogen-bond donors (Lipinski definition) is 1. The van der Waals surface area contributed by atoms with Gasteiger partial charge in [-0.1, -0.05) is 11.6 Å². The normalized spacial score (nSPS) is 23.1. The second-order valence-electron chi connectivity index (χ2n) is 6.25. The fourth-order valence-corrected chi connectivity index (χ4v) is 4.34. The average Bonchev–Trinajstić information content (AvgIpc) is 3.00. The number of likely N-dealkylation sites (tertiary alicyclic amines) is 2. The van der Waals surface area contributed by atoms with E-state index in [1.165, 1.54) is 11.3 Å². The molecule has 2 aliphatic heterocycles. The van der Waals surface area contributed by atoms with Gasteiger partial charge in [0, 0.05) is 32.1 Å². The maximum atomic E-state index is 12.5. The average molecular weight is 357 g/mol. The van der Waals surface area contributed by atoms with E-state index in [1.54, 1.807) is 21.9 Å². The van der Waals surface area contributed by atoms with Gasteiger partial charge in [-0.3, -0.25) is 9.59 Å². The first-order valence-corrected chi connectivity index (χ1v) is 9.25. The van der Waals surface area contributed by atoms with Gasteiger partial charge in [0.15, 0.2) is 0 Å². The molecule has 0 saturated carbocycles. The quantitative estimate of drug-likeness (QED) is 0.884. The molecule has 0 aromatic carbocycles. The van der Waals surface area contributed by atoms with Crippen LogP contribution in [-0.2, 0) is 4.79 Å². The molecule has 23 heavy (non-hydrogen) atoms. The van der Waals surface area contributed by atoms with Crippen molar-refractivity contribution in [2.24, 2.45) is 5.92 Å². The Bertz CT molecular complexity index is 584. The van der Waals surface area contributed by atoms with Gasteiger partial charge in [-0.05, 0) is 37.8 Å². The maximum Gasteiger partial charge on any atom is 0.263 e. The van der Waals surface area contributed by atoms with Crippen molar-refractivity contribution in [1.82, 2.24) is 9.80 Å². The summed E-state index contributed by atoms with van der Waals surface area (Å²) < 4.78 is 0.613. The number of aliphatic hydroxyl groups is 1. The molecule has 0 aliphatic carbocycles. The van der Waals surface area contributed by atoms with Crippen molar-refractivity contribution in [3.05, 3.63) is 21.3 Å². The topological polar surface area (TPSA) is 60.9 Å². The van der Waals surface area contributed by atoms with Crippen LogP contribution in [-0.4, -0.2) is 59.0 Å². The monoisotopic (exact) mass is 356 g/mol. The zero-order chi connectivity index (χ0) is 16.4. The van der Waals surface area contributed by atoms with E-state index in [4.69, 9.17) is 11.6 Å². The number of hydrogen-bond acceptors (Lipinski definition) is 4. The van der Waals surface area contributed by atoms with Crippen LogP contribution in [0.1, 0.15) is 35.4 Å². The second-order valence-corrected chi connectivity index (χ2v) is 7.97. The van der Waals surface area contributed by atoms with E-state index in [0.717, 1.165) is 19.4 Å². The fourth-order valence-electron chi connectivity index (χ4n) is 3.33. The Morgan fingerprint density at radius 1 is 1.13 bits per heavy atom. The molecule has 0 bridgehead atoms. The van der Waals surface area contributed by atoms with Crippen molar-refractivity contribution in [3.63, 3.8) is 0 Å². The van der Waals surface area contributed by atoms with Crippen LogP contribution in [0.4, 0.5) is 0 Å². The number of carbonyl (C=O) groups excluding carboxylic acids is 2. The summed E-state index contributed by atoms with van der Waals surface area (Å²) in [6.45, 7) is 2.39. The van der Waals surface area contributed by atoms with E-state index in [1.807, 2.05) is 0 Å². The van der Waals surface area contributed by atoms with Crippen LogP contribution in [0.3, 0.4) is 0 Å². The highest BCUT2D eigenvalue weighted by atomic mass is 35.5. The Labute approximate surface area is 144 Å². The summed E-state index contributed by atoms with van der Waals surface area (Å²) in [5.41, 5.74) is 0. The molecule has 1 aromatic heterocycles. The highest BCUT2D eigenvalue weighted by molar-refractivity contribution is 7.17. The van der Waals surface area contributed by atoms with Crippen LogP contribution in [0.15, 0.2) is 12.1 Å². The number of carbonyl (C=O) groups is 2. The number of halogens is 1. The Hall–Kier alpha value is -1.11. The number of nitrogens with zero attached hydrogens (tertiary/aromatic N) is 2. The predicted octanol–water partition coefficient (Wildman–Crippen LogP) is 2.24. The number of β-amino-alcohol motifs (C(OH)–C–C–N with tert-alkyl or cyclic N) is 1. The van der Waals surface area contributed by atoms with Gasteiger partial charge >= 0.3 is 0 Å². The molecule has 126 valence electrons. The van der Waals surface area contributed by atoms with E-state index in [2.05, 4.69) is 0 Å². The lowest BCUT2D eigenvalue weighted by molar-refractivity contribution is -0.140. The van der Waals surface area contributed by atoms with E-state index in [9.17, 15) is 14.7 Å². The van der Waals surface area contributed by atoms with E-state index in [-0.39, 0.29) is 17.7 Å². The Kier molecular flexibility index (Phi) is 5.24. The SMILES string of the molecule is O=C(c1ccc(Cl)s1)N1CCC(C(=O)N2CCCC(O)C2)CC1. The Morgan fingerprint density at radius 2 is 1.87 bits per heavy atom. The van der Waals surface area contributed by atoms with E-state index >= 15 is 0 Å². The van der Waals surface area contributed by atoms with Crippen LogP contribution in [0.25, 0.3) is 0 Å². The first-order valence-electron chi connectivity index (χ1n) is 8.06. The summed E-state index contributed by atoms with van der Waals surface area (Å²) in [4.78, 5) is 29.2. The number of thiophene rings is 1. The number of piperidine rings is 2. The first-order chi connectivity index (χ1) is 11.0. The zero-order valence-corrected chi connectivity index (χ0v) is 14.5. The van der Waals surface area contributed by atoms with Crippen molar-refractivity contribution >= 4 is 34.8 Å². The van der Waals surface area contributed by atoms with Crippen LogP contribution >= 0.6 is 22.9 Å². The molecule has 2 aliphatic rings. The molecule has 2 saturated heterocycles. The lowest BCUT2D eigenvalue weighted by atomic mass is 9.94. The Balaban J connectivity index is 1.53. The van der Waals surface area contributed by atoms with Crippen molar-refractivity contribution in [3.8, 4) is 0 Å². The molecule has 0 spiro atoms. The minimum Gasteiger partial charge on any atom is -0.391 e. The van der Waals surface area contributed by atoms with Gasteiger partial charge in [-0.2, -0.15) is 0 Å². The molecular weight excluding hydrogens is 336 g/mol. The molecule has 7 heteroatoms. The fraction of sp³-hybridized carbons (Fsp3) is 0.625. The number of aliphatic hydroxyl groups excluding tert-OH is 1. The first kappa shape index (κ1) is 16.7. The van der Waals surface area contributed by atoms with Crippen LogP contribution in [0.2, 0.25) is 4.34 Å². The van der Waals surface area contributed by atoms with Gasteiger partial charge < -0.3 is 14.9 Å². The third-order valence-corrected chi connectivity index (χ3v) is 5.84. The summed E-state index contributed by atoms with van der Waals surface area (Å²) in [5.74, 6) is 0.104. The van der Waals surface area contributed by atoms with Crippen LogP contribution in [0, 0.1) is 5.92 Å². The summed E-state index contributed by atoms with van der Waals surface area (Å²) in [5, 5.41) is 9.71. The van der Waals surface area contributed by atoms with Gasteiger partial charge in [-0.15, -0.1) is 11.3 Å². The molecule has 3 rings (SSSR count). The van der Waals surface area contributed by atoms with Crippen molar-refractivity contribution in [2.75, 3.05) is 26.2 Å². The van der Waals surface area contributed by atoms with Crippen molar-refractivity contribution in [2.45, 2.75) is 31.8 Å². The third-order valence-electron chi connectivity index (χ3n) is 4.62.